The Morgan fingerprint density at radius 3 is 2.65 bits per heavy atom. The van der Waals surface area contributed by atoms with E-state index in [2.05, 4.69) is 10.6 Å². The zero-order valence-electron chi connectivity index (χ0n) is 12.5. The minimum atomic E-state index is -0.585. The van der Waals surface area contributed by atoms with E-state index in [1.54, 1.807) is 13.0 Å². The van der Waals surface area contributed by atoms with Crippen LogP contribution in [0.5, 0.6) is 5.75 Å². The third kappa shape index (κ3) is 5.02. The van der Waals surface area contributed by atoms with Crippen LogP contribution >= 0.6 is 11.6 Å². The van der Waals surface area contributed by atoms with Crippen molar-refractivity contribution in [1.29, 1.82) is 0 Å². The van der Waals surface area contributed by atoms with Crippen molar-refractivity contribution in [2.75, 3.05) is 6.54 Å². The summed E-state index contributed by atoms with van der Waals surface area (Å²) in [4.78, 5) is 11.9. The number of halogens is 1. The first-order chi connectivity index (χ1) is 9.45. The van der Waals surface area contributed by atoms with E-state index < -0.39 is 6.10 Å². The van der Waals surface area contributed by atoms with Gasteiger partial charge in [-0.3, -0.25) is 4.79 Å². The van der Waals surface area contributed by atoms with Gasteiger partial charge in [0.1, 0.15) is 5.75 Å². The molecule has 0 heterocycles. The van der Waals surface area contributed by atoms with Crippen LogP contribution in [0.3, 0.4) is 0 Å². The molecule has 112 valence electrons. The summed E-state index contributed by atoms with van der Waals surface area (Å²) in [6.45, 7) is 9.09. The second-order valence-electron chi connectivity index (χ2n) is 4.93. The van der Waals surface area contributed by atoms with E-state index in [9.17, 15) is 4.79 Å². The van der Waals surface area contributed by atoms with Crippen molar-refractivity contribution in [3.8, 4) is 5.75 Å². The summed E-state index contributed by atoms with van der Waals surface area (Å²) in [5, 5.41) is 6.57. The van der Waals surface area contributed by atoms with E-state index in [0.29, 0.717) is 17.3 Å². The van der Waals surface area contributed by atoms with E-state index >= 15 is 0 Å². The normalized spacial score (nSPS) is 12.3. The maximum absolute atomic E-state index is 11.9. The predicted octanol–water partition coefficient (Wildman–Crippen LogP) is 2.74. The van der Waals surface area contributed by atoms with Gasteiger partial charge in [-0.15, -0.1) is 0 Å². The molecule has 0 spiro atoms. The molecular formula is C15H23ClN2O2. The van der Waals surface area contributed by atoms with E-state index in [1.165, 1.54) is 0 Å². The summed E-state index contributed by atoms with van der Waals surface area (Å²) in [7, 11) is 0. The van der Waals surface area contributed by atoms with Crippen LogP contribution in [0.2, 0.25) is 5.02 Å². The first-order valence-corrected chi connectivity index (χ1v) is 7.28. The van der Waals surface area contributed by atoms with Crippen molar-refractivity contribution >= 4 is 17.5 Å². The topological polar surface area (TPSA) is 50.4 Å². The van der Waals surface area contributed by atoms with E-state index in [4.69, 9.17) is 16.3 Å². The molecule has 0 bridgehead atoms. The van der Waals surface area contributed by atoms with Crippen LogP contribution in [-0.4, -0.2) is 24.6 Å². The Kier molecular flexibility index (Phi) is 6.82. The van der Waals surface area contributed by atoms with E-state index in [1.807, 2.05) is 32.9 Å². The molecule has 5 heteroatoms. The fraction of sp³-hybridized carbons (Fsp3) is 0.533. The third-order valence-corrected chi connectivity index (χ3v) is 3.01. The summed E-state index contributed by atoms with van der Waals surface area (Å²) >= 11 is 6.18. The maximum atomic E-state index is 11.9. The lowest BCUT2D eigenvalue weighted by Gasteiger charge is -2.19. The molecule has 0 radical (unpaired) electrons. The molecule has 1 aromatic carbocycles. The Morgan fingerprint density at radius 2 is 2.05 bits per heavy atom. The fourth-order valence-electron chi connectivity index (χ4n) is 1.72. The van der Waals surface area contributed by atoms with Gasteiger partial charge in [-0.25, -0.2) is 0 Å². The van der Waals surface area contributed by atoms with Gasteiger partial charge in [-0.2, -0.15) is 0 Å². The second-order valence-corrected chi connectivity index (χ2v) is 5.34. The predicted molar refractivity (Wildman–Crippen MR) is 82.2 cm³/mol. The van der Waals surface area contributed by atoms with Crippen molar-refractivity contribution in [1.82, 2.24) is 10.6 Å². The van der Waals surface area contributed by atoms with Gasteiger partial charge in [0.05, 0.1) is 5.02 Å². The highest BCUT2D eigenvalue weighted by molar-refractivity contribution is 6.32. The molecule has 20 heavy (non-hydrogen) atoms. The Labute approximate surface area is 125 Å². The van der Waals surface area contributed by atoms with Crippen LogP contribution in [0.4, 0.5) is 0 Å². The smallest absolute Gasteiger partial charge is 0.260 e. The Hall–Kier alpha value is -1.26. The minimum absolute atomic E-state index is 0.0843. The van der Waals surface area contributed by atoms with Gasteiger partial charge in [0.2, 0.25) is 0 Å². The highest BCUT2D eigenvalue weighted by Crippen LogP contribution is 2.29. The van der Waals surface area contributed by atoms with Crippen molar-refractivity contribution in [3.05, 3.63) is 28.8 Å². The van der Waals surface area contributed by atoms with Crippen molar-refractivity contribution in [2.45, 2.75) is 46.4 Å². The molecule has 0 aliphatic carbocycles. The molecule has 1 unspecified atom stereocenters. The molecule has 1 atom stereocenters. The van der Waals surface area contributed by atoms with Gasteiger partial charge in [-0.05, 0) is 33.4 Å². The molecule has 1 aromatic rings. The molecule has 0 aliphatic rings. The number of carbonyl (C=O) groups excluding carboxylic acids is 1. The van der Waals surface area contributed by atoms with Gasteiger partial charge in [-0.1, -0.05) is 30.7 Å². The average Bonchev–Trinajstić information content (AvgIpc) is 2.38. The van der Waals surface area contributed by atoms with Gasteiger partial charge in [0.25, 0.3) is 5.91 Å². The van der Waals surface area contributed by atoms with Crippen molar-refractivity contribution in [2.24, 2.45) is 0 Å². The molecule has 1 amide bonds. The number of carbonyl (C=O) groups is 1. The number of hydrogen-bond acceptors (Lipinski definition) is 3. The molecule has 0 aromatic heterocycles. The fourth-order valence-corrected chi connectivity index (χ4v) is 1.96. The largest absolute Gasteiger partial charge is 0.479 e. The Morgan fingerprint density at radius 1 is 1.35 bits per heavy atom. The Bertz CT molecular complexity index is 449. The van der Waals surface area contributed by atoms with Crippen LogP contribution in [0, 0.1) is 0 Å². The number of amides is 1. The summed E-state index contributed by atoms with van der Waals surface area (Å²) in [6.07, 6.45) is -0.585. The van der Waals surface area contributed by atoms with Crippen molar-refractivity contribution < 1.29 is 9.53 Å². The third-order valence-electron chi connectivity index (χ3n) is 2.71. The molecule has 0 saturated heterocycles. The van der Waals surface area contributed by atoms with Gasteiger partial charge >= 0.3 is 0 Å². The first kappa shape index (κ1) is 16.8. The molecule has 2 N–H and O–H groups in total. The quantitative estimate of drug-likeness (QED) is 0.814. The number of nitrogens with one attached hydrogen (secondary N) is 2. The van der Waals surface area contributed by atoms with Crippen LogP contribution in [0.1, 0.15) is 33.3 Å². The van der Waals surface area contributed by atoms with Crippen LogP contribution in [-0.2, 0) is 11.3 Å². The van der Waals surface area contributed by atoms with Gasteiger partial charge < -0.3 is 15.4 Å². The highest BCUT2D eigenvalue weighted by Gasteiger charge is 2.18. The highest BCUT2D eigenvalue weighted by atomic mass is 35.5. The summed E-state index contributed by atoms with van der Waals surface area (Å²) < 4.78 is 5.75. The van der Waals surface area contributed by atoms with Gasteiger partial charge in [0, 0.05) is 18.2 Å². The number of benzene rings is 1. The number of para-hydroxylation sites is 1. The lowest BCUT2D eigenvalue weighted by molar-refractivity contribution is -0.127. The molecule has 1 rings (SSSR count). The van der Waals surface area contributed by atoms with E-state index in [-0.39, 0.29) is 11.9 Å². The molecule has 0 saturated carbocycles. The SMILES string of the molecule is CCNCc1cccc(Cl)c1OC(C)C(=O)NC(C)C. The molecular weight excluding hydrogens is 276 g/mol. The van der Waals surface area contributed by atoms with Crippen LogP contribution in [0.15, 0.2) is 18.2 Å². The average molecular weight is 299 g/mol. The molecule has 4 nitrogen and oxygen atoms in total. The first-order valence-electron chi connectivity index (χ1n) is 6.90. The van der Waals surface area contributed by atoms with E-state index in [0.717, 1.165) is 12.1 Å². The maximum Gasteiger partial charge on any atom is 0.260 e. The lowest BCUT2D eigenvalue weighted by Crippen LogP contribution is -2.40. The summed E-state index contributed by atoms with van der Waals surface area (Å²) in [5.74, 6) is 0.427. The summed E-state index contributed by atoms with van der Waals surface area (Å²) in [5.41, 5.74) is 0.948. The number of ether oxygens (including phenoxy) is 1. The minimum Gasteiger partial charge on any atom is -0.479 e. The number of hydrogen-bond donors (Lipinski definition) is 2. The van der Waals surface area contributed by atoms with Crippen LogP contribution in [0.25, 0.3) is 0 Å². The standard InChI is InChI=1S/C15H23ClN2O2/c1-5-17-9-12-7-6-8-13(16)14(12)20-11(4)15(19)18-10(2)3/h6-8,10-11,17H,5,9H2,1-4H3,(H,18,19). The monoisotopic (exact) mass is 298 g/mol. The molecule has 0 aliphatic heterocycles. The second kappa shape index (κ2) is 8.12. The van der Waals surface area contributed by atoms with Gasteiger partial charge in [0.15, 0.2) is 6.10 Å². The zero-order chi connectivity index (χ0) is 15.1. The van der Waals surface area contributed by atoms with Crippen LogP contribution < -0.4 is 15.4 Å². The number of rotatable bonds is 7. The Balaban J connectivity index is 2.82. The molecule has 0 fully saturated rings. The van der Waals surface area contributed by atoms with Crippen molar-refractivity contribution in [3.63, 3.8) is 0 Å². The summed E-state index contributed by atoms with van der Waals surface area (Å²) in [6, 6.07) is 5.66. The zero-order valence-corrected chi connectivity index (χ0v) is 13.3. The lowest BCUT2D eigenvalue weighted by atomic mass is 10.2.